The van der Waals surface area contributed by atoms with E-state index in [1.54, 1.807) is 12.1 Å². The molecule has 2 rings (SSSR count). The molecule has 0 aliphatic rings. The standard InChI is InChI=1S/C10H9BrN4O2S/c11-7-3-4-8(12)9(6-7)18(16,17)15-10-2-1-5-13-14-10/h1-6H,12H2,(H,14,15). The van der Waals surface area contributed by atoms with Crippen LogP contribution in [0.25, 0.3) is 0 Å². The first kappa shape index (κ1) is 12.8. The number of sulfonamides is 1. The van der Waals surface area contributed by atoms with Gasteiger partial charge in [-0.15, -0.1) is 5.10 Å². The number of nitrogens with one attached hydrogen (secondary N) is 1. The van der Waals surface area contributed by atoms with Crippen molar-refractivity contribution in [3.8, 4) is 0 Å². The van der Waals surface area contributed by atoms with Crippen molar-refractivity contribution >= 4 is 37.5 Å². The van der Waals surface area contributed by atoms with E-state index in [0.29, 0.717) is 4.47 Å². The van der Waals surface area contributed by atoms with Gasteiger partial charge in [0.25, 0.3) is 10.0 Å². The molecule has 8 heteroatoms. The number of anilines is 2. The molecule has 0 unspecified atom stereocenters. The Labute approximate surface area is 112 Å². The van der Waals surface area contributed by atoms with Crippen LogP contribution in [0.2, 0.25) is 0 Å². The summed E-state index contributed by atoms with van der Waals surface area (Å²) in [4.78, 5) is -0.0115. The average molecular weight is 329 g/mol. The van der Waals surface area contributed by atoms with E-state index in [1.165, 1.54) is 24.4 Å². The minimum absolute atomic E-state index is 0.0115. The van der Waals surface area contributed by atoms with Crippen molar-refractivity contribution in [3.63, 3.8) is 0 Å². The molecule has 1 aromatic carbocycles. The first-order valence-electron chi connectivity index (χ1n) is 4.84. The lowest BCUT2D eigenvalue weighted by Gasteiger charge is -2.09. The Kier molecular flexibility index (Phi) is 3.48. The summed E-state index contributed by atoms with van der Waals surface area (Å²) < 4.78 is 27.1. The van der Waals surface area contributed by atoms with Crippen molar-refractivity contribution in [2.75, 3.05) is 10.5 Å². The number of hydrogen-bond acceptors (Lipinski definition) is 5. The lowest BCUT2D eigenvalue weighted by Crippen LogP contribution is -2.15. The van der Waals surface area contributed by atoms with Gasteiger partial charge in [0.2, 0.25) is 0 Å². The molecule has 0 fully saturated rings. The van der Waals surface area contributed by atoms with Crippen molar-refractivity contribution in [1.29, 1.82) is 0 Å². The van der Waals surface area contributed by atoms with Crippen LogP contribution in [0.1, 0.15) is 0 Å². The molecule has 3 N–H and O–H groups in total. The van der Waals surface area contributed by atoms with Gasteiger partial charge < -0.3 is 5.73 Å². The van der Waals surface area contributed by atoms with Gasteiger partial charge >= 0.3 is 0 Å². The molecule has 0 atom stereocenters. The lowest BCUT2D eigenvalue weighted by molar-refractivity contribution is 0.601. The van der Waals surface area contributed by atoms with E-state index in [9.17, 15) is 8.42 Å². The lowest BCUT2D eigenvalue weighted by atomic mass is 10.3. The summed E-state index contributed by atoms with van der Waals surface area (Å²) in [5, 5.41) is 7.23. The van der Waals surface area contributed by atoms with Gasteiger partial charge in [-0.1, -0.05) is 15.9 Å². The number of benzene rings is 1. The van der Waals surface area contributed by atoms with Crippen LogP contribution >= 0.6 is 15.9 Å². The largest absolute Gasteiger partial charge is 0.398 e. The zero-order valence-electron chi connectivity index (χ0n) is 9.04. The first-order chi connectivity index (χ1) is 8.49. The molecule has 1 heterocycles. The molecular formula is C10H9BrN4O2S. The maximum Gasteiger partial charge on any atom is 0.265 e. The summed E-state index contributed by atoms with van der Waals surface area (Å²) in [6.45, 7) is 0. The van der Waals surface area contributed by atoms with Crippen molar-refractivity contribution < 1.29 is 8.42 Å². The third-order valence-corrected chi connectivity index (χ3v) is 3.98. The van der Waals surface area contributed by atoms with Crippen LogP contribution in [0.5, 0.6) is 0 Å². The average Bonchev–Trinajstić information content (AvgIpc) is 2.33. The summed E-state index contributed by atoms with van der Waals surface area (Å²) in [6.07, 6.45) is 1.45. The van der Waals surface area contributed by atoms with Crippen molar-refractivity contribution in [3.05, 3.63) is 41.0 Å². The molecule has 6 nitrogen and oxygen atoms in total. The Bertz CT molecular complexity index is 661. The van der Waals surface area contributed by atoms with Gasteiger partial charge in [0, 0.05) is 10.7 Å². The van der Waals surface area contributed by atoms with Gasteiger partial charge in [-0.2, -0.15) is 5.10 Å². The fourth-order valence-corrected chi connectivity index (χ4v) is 2.96. The molecule has 0 saturated heterocycles. The van der Waals surface area contributed by atoms with Gasteiger partial charge in [-0.3, -0.25) is 4.72 Å². The van der Waals surface area contributed by atoms with E-state index in [1.807, 2.05) is 0 Å². The maximum atomic E-state index is 12.1. The van der Waals surface area contributed by atoms with E-state index in [4.69, 9.17) is 5.73 Å². The third kappa shape index (κ3) is 2.77. The van der Waals surface area contributed by atoms with Crippen molar-refractivity contribution in [2.45, 2.75) is 4.90 Å². The highest BCUT2D eigenvalue weighted by Crippen LogP contribution is 2.24. The van der Waals surface area contributed by atoms with Crippen LogP contribution < -0.4 is 10.5 Å². The number of hydrogen-bond donors (Lipinski definition) is 2. The molecule has 0 radical (unpaired) electrons. The SMILES string of the molecule is Nc1ccc(Br)cc1S(=O)(=O)Nc1cccnn1. The normalized spacial score (nSPS) is 11.2. The fraction of sp³-hybridized carbons (Fsp3) is 0. The van der Waals surface area contributed by atoms with Crippen LogP contribution in [-0.4, -0.2) is 18.6 Å². The van der Waals surface area contributed by atoms with Gasteiger partial charge in [0.1, 0.15) is 4.90 Å². The molecule has 1 aromatic heterocycles. The topological polar surface area (TPSA) is 98.0 Å². The van der Waals surface area contributed by atoms with Gasteiger partial charge in [0.05, 0.1) is 5.69 Å². The summed E-state index contributed by atoms with van der Waals surface area (Å²) in [5.41, 5.74) is 5.81. The number of nitrogen functional groups attached to an aromatic ring is 1. The minimum Gasteiger partial charge on any atom is -0.398 e. The zero-order valence-corrected chi connectivity index (χ0v) is 11.4. The monoisotopic (exact) mass is 328 g/mol. The molecule has 94 valence electrons. The Hall–Kier alpha value is -1.67. The Morgan fingerprint density at radius 1 is 1.28 bits per heavy atom. The summed E-state index contributed by atoms with van der Waals surface area (Å²) in [7, 11) is -3.77. The smallest absolute Gasteiger partial charge is 0.265 e. The Morgan fingerprint density at radius 2 is 2.06 bits per heavy atom. The first-order valence-corrected chi connectivity index (χ1v) is 7.12. The maximum absolute atomic E-state index is 12.1. The van der Waals surface area contributed by atoms with Crippen LogP contribution in [0.4, 0.5) is 11.5 Å². The van der Waals surface area contributed by atoms with E-state index in [2.05, 4.69) is 30.8 Å². The molecule has 0 amide bonds. The summed E-state index contributed by atoms with van der Waals surface area (Å²) in [6, 6.07) is 7.67. The number of nitrogens with two attached hydrogens (primary N) is 1. The van der Waals surface area contributed by atoms with Gasteiger partial charge in [0.15, 0.2) is 5.82 Å². The van der Waals surface area contributed by atoms with E-state index in [-0.39, 0.29) is 16.4 Å². The molecule has 0 aliphatic carbocycles. The van der Waals surface area contributed by atoms with Crippen molar-refractivity contribution in [1.82, 2.24) is 10.2 Å². The molecule has 0 saturated carbocycles. The number of aromatic nitrogens is 2. The van der Waals surface area contributed by atoms with Crippen LogP contribution in [-0.2, 0) is 10.0 Å². The second-order valence-electron chi connectivity index (χ2n) is 3.40. The number of nitrogens with zero attached hydrogens (tertiary/aromatic N) is 2. The second kappa shape index (κ2) is 4.91. The second-order valence-corrected chi connectivity index (χ2v) is 5.96. The molecule has 0 spiro atoms. The minimum atomic E-state index is -3.77. The van der Waals surface area contributed by atoms with Crippen LogP contribution in [0, 0.1) is 0 Å². The summed E-state index contributed by atoms with van der Waals surface area (Å²) in [5.74, 6) is 0.136. The van der Waals surface area contributed by atoms with Crippen LogP contribution in [0.3, 0.4) is 0 Å². The third-order valence-electron chi connectivity index (χ3n) is 2.08. The zero-order chi connectivity index (χ0) is 13.2. The predicted octanol–water partition coefficient (Wildman–Crippen LogP) is 1.62. The van der Waals surface area contributed by atoms with E-state index in [0.717, 1.165) is 0 Å². The van der Waals surface area contributed by atoms with E-state index < -0.39 is 10.0 Å². The molecule has 0 aliphatic heterocycles. The Balaban J connectivity index is 2.40. The number of rotatable bonds is 3. The van der Waals surface area contributed by atoms with Crippen molar-refractivity contribution in [2.24, 2.45) is 0 Å². The van der Waals surface area contributed by atoms with Gasteiger partial charge in [-0.05, 0) is 30.3 Å². The molecule has 0 bridgehead atoms. The van der Waals surface area contributed by atoms with Gasteiger partial charge in [-0.25, -0.2) is 8.42 Å². The number of halogens is 1. The predicted molar refractivity (Wildman–Crippen MR) is 71.4 cm³/mol. The highest BCUT2D eigenvalue weighted by atomic mass is 79.9. The highest BCUT2D eigenvalue weighted by Gasteiger charge is 2.18. The molecule has 2 aromatic rings. The highest BCUT2D eigenvalue weighted by molar-refractivity contribution is 9.10. The quantitative estimate of drug-likeness (QED) is 0.834. The Morgan fingerprint density at radius 3 is 2.72 bits per heavy atom. The molecular weight excluding hydrogens is 320 g/mol. The molecule has 18 heavy (non-hydrogen) atoms. The van der Waals surface area contributed by atoms with Crippen LogP contribution in [0.15, 0.2) is 45.9 Å². The fourth-order valence-electron chi connectivity index (χ4n) is 1.29. The van der Waals surface area contributed by atoms with E-state index >= 15 is 0 Å². The summed E-state index contributed by atoms with van der Waals surface area (Å²) >= 11 is 3.20.